The normalized spacial score (nSPS) is 11.3. The minimum absolute atomic E-state index is 0.435. The Morgan fingerprint density at radius 1 is 0.282 bits per heavy atom. The fraction of sp³-hybridized carbons (Fsp3) is 0. The number of benzene rings is 8. The zero-order valence-corrected chi connectivity index (χ0v) is 41.8. The van der Waals surface area contributed by atoms with Crippen LogP contribution in [0.5, 0.6) is 0 Å². The Balaban J connectivity index is 0.901. The van der Waals surface area contributed by atoms with Gasteiger partial charge in [0.1, 0.15) is 17.3 Å². The van der Waals surface area contributed by atoms with Crippen molar-refractivity contribution in [1.82, 2.24) is 34.9 Å². The molecule has 0 aliphatic carbocycles. The molecule has 14 rings (SSSR count). The van der Waals surface area contributed by atoms with Gasteiger partial charge >= 0.3 is 0 Å². The number of aromatic nitrogens is 7. The van der Waals surface area contributed by atoms with E-state index in [4.69, 9.17) is 34.9 Å². The molecule has 0 saturated carbocycles. The maximum Gasteiger partial charge on any atom is 0.160 e. The lowest BCUT2D eigenvalue weighted by Crippen LogP contribution is -2.00. The summed E-state index contributed by atoms with van der Waals surface area (Å²) in [5.74, 6) is 0.581. The first kappa shape index (κ1) is 45.7. The van der Waals surface area contributed by atoms with E-state index in [1.807, 2.05) is 140 Å². The molecule has 0 fully saturated rings. The second-order valence-corrected chi connectivity index (χ2v) is 19.1. The molecular formula is C70H42N8. The number of hydrogen-bond acceptors (Lipinski definition) is 8. The van der Waals surface area contributed by atoms with Gasteiger partial charge in [-0.25, -0.2) is 24.9 Å². The molecule has 362 valence electrons. The lowest BCUT2D eigenvalue weighted by atomic mass is 9.92. The molecule has 6 heterocycles. The molecule has 0 radical (unpaired) electrons. The summed E-state index contributed by atoms with van der Waals surface area (Å²) in [6, 6.07) is 84.6. The third-order valence-electron chi connectivity index (χ3n) is 14.4. The molecule has 0 amide bonds. The molecule has 0 unspecified atom stereocenters. The fourth-order valence-corrected chi connectivity index (χ4v) is 10.6. The van der Waals surface area contributed by atoms with E-state index >= 15 is 0 Å². The standard InChI is InChI=1S/C70H42N8/c71-41-58-63(54-35-33-52-56(44-19-7-1-8-20-44)39-61(46-23-11-3-12-24-46)74-66(52)68(54)76-64(58)48-27-15-5-16-28-48)59-37-31-50(42-72-59)51-32-38-60(73-43-51)65-55-36-34-53-57(45-21-9-2-10-22-45)40-62(47-25-13-4-14-26-47)75-67(53)69(55)78-70(77-65)49-29-17-6-18-30-49/h1-40,42-43H. The number of rotatable bonds is 9. The van der Waals surface area contributed by atoms with Gasteiger partial charge in [0.05, 0.1) is 50.6 Å². The highest BCUT2D eigenvalue weighted by Crippen LogP contribution is 2.43. The minimum atomic E-state index is 0.435. The van der Waals surface area contributed by atoms with Crippen LogP contribution in [0, 0.1) is 11.3 Å². The van der Waals surface area contributed by atoms with Crippen LogP contribution < -0.4 is 0 Å². The summed E-state index contributed by atoms with van der Waals surface area (Å²) in [4.78, 5) is 36.8. The maximum atomic E-state index is 11.1. The van der Waals surface area contributed by atoms with Crippen LogP contribution in [0.2, 0.25) is 0 Å². The van der Waals surface area contributed by atoms with Gasteiger partial charge in [-0.05, 0) is 52.6 Å². The predicted octanol–water partition coefficient (Wildman–Crippen LogP) is 16.9. The van der Waals surface area contributed by atoms with E-state index in [0.717, 1.165) is 105 Å². The summed E-state index contributed by atoms with van der Waals surface area (Å²) in [6.07, 6.45) is 3.72. The van der Waals surface area contributed by atoms with Crippen molar-refractivity contribution in [3.63, 3.8) is 0 Å². The minimum Gasteiger partial charge on any atom is -0.256 e. The number of pyridine rings is 5. The Hall–Kier alpha value is -10.9. The zero-order valence-electron chi connectivity index (χ0n) is 41.8. The van der Waals surface area contributed by atoms with Crippen LogP contribution in [0.4, 0.5) is 0 Å². The van der Waals surface area contributed by atoms with E-state index in [1.54, 1.807) is 0 Å². The van der Waals surface area contributed by atoms with E-state index in [1.165, 1.54) is 0 Å². The number of nitriles is 1. The topological polar surface area (TPSA) is 114 Å². The van der Waals surface area contributed by atoms with Gasteiger partial charge in [0.15, 0.2) is 5.82 Å². The molecule has 0 atom stereocenters. The molecule has 0 aliphatic rings. The van der Waals surface area contributed by atoms with Gasteiger partial charge in [0.2, 0.25) is 0 Å². The van der Waals surface area contributed by atoms with Crippen molar-refractivity contribution in [3.8, 4) is 107 Å². The average Bonchev–Trinajstić information content (AvgIpc) is 3.72. The lowest BCUT2D eigenvalue weighted by molar-refractivity contribution is 1.20. The molecule has 14 aromatic rings. The van der Waals surface area contributed by atoms with E-state index in [9.17, 15) is 5.26 Å². The molecule has 0 aliphatic heterocycles. The van der Waals surface area contributed by atoms with Gasteiger partial charge in [-0.15, -0.1) is 0 Å². The summed E-state index contributed by atoms with van der Waals surface area (Å²) < 4.78 is 0. The Morgan fingerprint density at radius 2 is 0.692 bits per heavy atom. The first-order chi connectivity index (χ1) is 38.6. The van der Waals surface area contributed by atoms with E-state index in [-0.39, 0.29) is 0 Å². The number of nitrogens with zero attached hydrogens (tertiary/aromatic N) is 8. The van der Waals surface area contributed by atoms with Gasteiger partial charge in [0, 0.05) is 72.9 Å². The summed E-state index contributed by atoms with van der Waals surface area (Å²) in [5.41, 5.74) is 18.1. The van der Waals surface area contributed by atoms with Crippen LogP contribution in [0.25, 0.3) is 145 Å². The van der Waals surface area contributed by atoms with Crippen molar-refractivity contribution in [1.29, 1.82) is 5.26 Å². The zero-order chi connectivity index (χ0) is 51.9. The van der Waals surface area contributed by atoms with Gasteiger partial charge in [-0.1, -0.05) is 212 Å². The van der Waals surface area contributed by atoms with Crippen LogP contribution in [-0.4, -0.2) is 34.9 Å². The second kappa shape index (κ2) is 19.4. The quantitative estimate of drug-likeness (QED) is 0.131. The van der Waals surface area contributed by atoms with Crippen molar-refractivity contribution in [3.05, 3.63) is 261 Å². The maximum absolute atomic E-state index is 11.1. The van der Waals surface area contributed by atoms with Crippen molar-refractivity contribution in [2.75, 3.05) is 0 Å². The van der Waals surface area contributed by atoms with E-state index < -0.39 is 0 Å². The summed E-state index contributed by atoms with van der Waals surface area (Å²) in [5, 5.41) is 14.7. The molecule has 8 nitrogen and oxygen atoms in total. The second-order valence-electron chi connectivity index (χ2n) is 19.1. The number of hydrogen-bond donors (Lipinski definition) is 0. The molecular weight excluding hydrogens is 953 g/mol. The van der Waals surface area contributed by atoms with Crippen molar-refractivity contribution < 1.29 is 0 Å². The summed E-state index contributed by atoms with van der Waals surface area (Å²) in [6.45, 7) is 0. The Kier molecular flexibility index (Phi) is 11.4. The first-order valence-electron chi connectivity index (χ1n) is 25.8. The first-order valence-corrected chi connectivity index (χ1v) is 25.8. The summed E-state index contributed by atoms with van der Waals surface area (Å²) >= 11 is 0. The monoisotopic (exact) mass is 994 g/mol. The highest BCUT2D eigenvalue weighted by Gasteiger charge is 2.24. The molecule has 0 bridgehead atoms. The van der Waals surface area contributed by atoms with E-state index in [2.05, 4.69) is 121 Å². The fourth-order valence-electron chi connectivity index (χ4n) is 10.6. The smallest absolute Gasteiger partial charge is 0.160 e. The molecule has 8 heteroatoms. The third-order valence-corrected chi connectivity index (χ3v) is 14.4. The van der Waals surface area contributed by atoms with Gasteiger partial charge in [-0.3, -0.25) is 9.97 Å². The molecule has 6 aromatic heterocycles. The molecule has 0 N–H and O–H groups in total. The van der Waals surface area contributed by atoms with Crippen LogP contribution >= 0.6 is 0 Å². The van der Waals surface area contributed by atoms with Crippen LogP contribution in [0.15, 0.2) is 255 Å². The molecule has 0 spiro atoms. The van der Waals surface area contributed by atoms with Crippen LogP contribution in [0.3, 0.4) is 0 Å². The Bertz CT molecular complexity index is 4610. The largest absolute Gasteiger partial charge is 0.256 e. The summed E-state index contributed by atoms with van der Waals surface area (Å²) in [7, 11) is 0. The highest BCUT2D eigenvalue weighted by atomic mass is 14.9. The predicted molar refractivity (Wildman–Crippen MR) is 315 cm³/mol. The SMILES string of the molecule is N#Cc1c(-c2ccccc2)nc2c(ccc3c(-c4ccccc4)cc(-c4ccccc4)nc32)c1-c1ccc(-c2ccc(-c3nc(-c4ccccc4)nc4c3ccc3c(-c5ccccc5)cc(-c5ccccc5)nc34)nc2)cn1. The Labute approximate surface area is 449 Å². The third kappa shape index (κ3) is 8.16. The van der Waals surface area contributed by atoms with Crippen LogP contribution in [0.1, 0.15) is 5.56 Å². The van der Waals surface area contributed by atoms with Gasteiger partial charge in [0.25, 0.3) is 0 Å². The van der Waals surface area contributed by atoms with Crippen molar-refractivity contribution in [2.45, 2.75) is 0 Å². The van der Waals surface area contributed by atoms with Crippen molar-refractivity contribution in [2.24, 2.45) is 0 Å². The van der Waals surface area contributed by atoms with E-state index in [0.29, 0.717) is 45.2 Å². The molecule has 0 saturated heterocycles. The molecule has 78 heavy (non-hydrogen) atoms. The Morgan fingerprint density at radius 3 is 1.17 bits per heavy atom. The number of fused-ring (bicyclic) bond motifs is 6. The highest BCUT2D eigenvalue weighted by molar-refractivity contribution is 6.15. The van der Waals surface area contributed by atoms with Gasteiger partial charge in [-0.2, -0.15) is 5.26 Å². The van der Waals surface area contributed by atoms with Gasteiger partial charge < -0.3 is 0 Å². The van der Waals surface area contributed by atoms with Crippen LogP contribution in [-0.2, 0) is 0 Å². The van der Waals surface area contributed by atoms with Crippen molar-refractivity contribution >= 4 is 43.6 Å². The lowest BCUT2D eigenvalue weighted by Gasteiger charge is -2.17. The average molecular weight is 995 g/mol. The molecule has 8 aromatic carbocycles.